The van der Waals surface area contributed by atoms with Crippen LogP contribution in [0.3, 0.4) is 0 Å². The SMILES string of the molecule is C=C(C)C(=O)NC(CC(=O)CC)OC(C)=O. The number of ketones is 1. The van der Waals surface area contributed by atoms with Gasteiger partial charge in [-0.1, -0.05) is 13.5 Å². The van der Waals surface area contributed by atoms with Gasteiger partial charge in [-0.05, 0) is 6.92 Å². The van der Waals surface area contributed by atoms with E-state index in [1.807, 2.05) is 0 Å². The summed E-state index contributed by atoms with van der Waals surface area (Å²) in [5.41, 5.74) is 0.293. The number of Topliss-reactive ketones (excluding diaryl/α,β-unsaturated/α-hetero) is 1. The highest BCUT2D eigenvalue weighted by molar-refractivity contribution is 5.92. The maximum Gasteiger partial charge on any atom is 0.304 e. The Balaban J connectivity index is 4.42. The first-order chi connectivity index (χ1) is 7.36. The van der Waals surface area contributed by atoms with E-state index in [4.69, 9.17) is 4.74 Å². The Kier molecular flexibility index (Phi) is 6.07. The third-order valence-corrected chi connectivity index (χ3v) is 1.80. The molecule has 1 N–H and O–H groups in total. The van der Waals surface area contributed by atoms with Crippen LogP contribution >= 0.6 is 0 Å². The monoisotopic (exact) mass is 227 g/mol. The number of esters is 1. The molecule has 0 aliphatic carbocycles. The zero-order valence-electron chi connectivity index (χ0n) is 9.83. The largest absolute Gasteiger partial charge is 0.441 e. The lowest BCUT2D eigenvalue weighted by atomic mass is 10.2. The van der Waals surface area contributed by atoms with E-state index in [1.54, 1.807) is 6.92 Å². The molecule has 0 aromatic rings. The summed E-state index contributed by atoms with van der Waals surface area (Å²) in [6.45, 7) is 7.90. The minimum atomic E-state index is -0.908. The highest BCUT2D eigenvalue weighted by Crippen LogP contribution is 2.01. The molecule has 0 spiro atoms. The second-order valence-corrected chi connectivity index (χ2v) is 3.45. The number of amides is 1. The van der Waals surface area contributed by atoms with E-state index >= 15 is 0 Å². The van der Waals surface area contributed by atoms with Crippen LogP contribution in [0.2, 0.25) is 0 Å². The minimum Gasteiger partial charge on any atom is -0.441 e. The lowest BCUT2D eigenvalue weighted by Gasteiger charge is -2.17. The lowest BCUT2D eigenvalue weighted by molar-refractivity contribution is -0.150. The number of hydrogen-bond acceptors (Lipinski definition) is 4. The first-order valence-corrected chi connectivity index (χ1v) is 5.02. The third-order valence-electron chi connectivity index (χ3n) is 1.80. The Morgan fingerprint density at radius 3 is 2.25 bits per heavy atom. The minimum absolute atomic E-state index is 0.0188. The summed E-state index contributed by atoms with van der Waals surface area (Å²) in [6.07, 6.45) is -0.593. The van der Waals surface area contributed by atoms with Gasteiger partial charge in [-0.3, -0.25) is 14.4 Å². The van der Waals surface area contributed by atoms with Crippen LogP contribution in [0.5, 0.6) is 0 Å². The normalized spacial score (nSPS) is 11.4. The molecule has 0 bridgehead atoms. The molecule has 0 aromatic heterocycles. The molecule has 0 rings (SSSR count). The number of hydrogen-bond donors (Lipinski definition) is 1. The summed E-state index contributed by atoms with van der Waals surface area (Å²) >= 11 is 0. The van der Waals surface area contributed by atoms with Crippen LogP contribution in [-0.2, 0) is 19.1 Å². The molecule has 0 radical (unpaired) electrons. The summed E-state index contributed by atoms with van der Waals surface area (Å²) in [6, 6.07) is 0. The Bertz CT molecular complexity index is 309. The highest BCUT2D eigenvalue weighted by Gasteiger charge is 2.18. The van der Waals surface area contributed by atoms with E-state index in [0.29, 0.717) is 12.0 Å². The van der Waals surface area contributed by atoms with Crippen molar-refractivity contribution >= 4 is 17.7 Å². The zero-order chi connectivity index (χ0) is 12.7. The van der Waals surface area contributed by atoms with E-state index in [2.05, 4.69) is 11.9 Å². The van der Waals surface area contributed by atoms with Gasteiger partial charge in [-0.25, -0.2) is 0 Å². The predicted molar refractivity (Wildman–Crippen MR) is 58.4 cm³/mol. The van der Waals surface area contributed by atoms with Gasteiger partial charge in [-0.15, -0.1) is 0 Å². The fourth-order valence-electron chi connectivity index (χ4n) is 0.943. The van der Waals surface area contributed by atoms with Crippen molar-refractivity contribution in [2.24, 2.45) is 0 Å². The first kappa shape index (κ1) is 14.3. The smallest absolute Gasteiger partial charge is 0.304 e. The molecular formula is C11H17NO4. The summed E-state index contributed by atoms with van der Waals surface area (Å²) in [7, 11) is 0. The van der Waals surface area contributed by atoms with Crippen molar-refractivity contribution in [2.75, 3.05) is 0 Å². The quantitative estimate of drug-likeness (QED) is 0.416. The van der Waals surface area contributed by atoms with Crippen molar-refractivity contribution in [3.8, 4) is 0 Å². The maximum atomic E-state index is 11.3. The van der Waals surface area contributed by atoms with E-state index in [0.717, 1.165) is 0 Å². The topological polar surface area (TPSA) is 72.5 Å². The predicted octanol–water partition coefficient (Wildman–Crippen LogP) is 0.937. The van der Waals surface area contributed by atoms with Gasteiger partial charge in [0.15, 0.2) is 6.23 Å². The maximum absolute atomic E-state index is 11.3. The molecule has 1 atom stereocenters. The summed E-state index contributed by atoms with van der Waals surface area (Å²) in [4.78, 5) is 33.2. The van der Waals surface area contributed by atoms with E-state index < -0.39 is 18.1 Å². The molecule has 0 heterocycles. The first-order valence-electron chi connectivity index (χ1n) is 5.02. The molecule has 16 heavy (non-hydrogen) atoms. The lowest BCUT2D eigenvalue weighted by Crippen LogP contribution is -2.39. The van der Waals surface area contributed by atoms with Crippen LogP contribution in [0, 0.1) is 0 Å². The van der Waals surface area contributed by atoms with Gasteiger partial charge in [0.25, 0.3) is 0 Å². The van der Waals surface area contributed by atoms with Gasteiger partial charge in [-0.2, -0.15) is 0 Å². The van der Waals surface area contributed by atoms with Crippen molar-refractivity contribution in [3.05, 3.63) is 12.2 Å². The van der Waals surface area contributed by atoms with Gasteiger partial charge in [0, 0.05) is 18.9 Å². The van der Waals surface area contributed by atoms with Crippen LogP contribution in [0.25, 0.3) is 0 Å². The second kappa shape index (κ2) is 6.76. The van der Waals surface area contributed by atoms with E-state index in [1.165, 1.54) is 13.8 Å². The van der Waals surface area contributed by atoms with Gasteiger partial charge in [0.05, 0.1) is 6.42 Å². The zero-order valence-corrected chi connectivity index (χ0v) is 9.83. The summed E-state index contributed by atoms with van der Waals surface area (Å²) in [5, 5.41) is 2.41. The highest BCUT2D eigenvalue weighted by atomic mass is 16.6. The second-order valence-electron chi connectivity index (χ2n) is 3.45. The van der Waals surface area contributed by atoms with Crippen molar-refractivity contribution < 1.29 is 19.1 Å². The summed E-state index contributed by atoms with van der Waals surface area (Å²) < 4.78 is 4.81. The molecule has 0 aliphatic heterocycles. The Morgan fingerprint density at radius 2 is 1.88 bits per heavy atom. The van der Waals surface area contributed by atoms with Crippen molar-refractivity contribution in [2.45, 2.75) is 39.8 Å². The van der Waals surface area contributed by atoms with Crippen molar-refractivity contribution in [1.82, 2.24) is 5.32 Å². The number of ether oxygens (including phenoxy) is 1. The molecular weight excluding hydrogens is 210 g/mol. The number of rotatable bonds is 6. The third kappa shape index (κ3) is 5.95. The summed E-state index contributed by atoms with van der Waals surface area (Å²) in [5.74, 6) is -1.07. The molecule has 1 unspecified atom stereocenters. The molecule has 0 fully saturated rings. The molecule has 0 saturated carbocycles. The Labute approximate surface area is 94.8 Å². The van der Waals surface area contributed by atoms with Crippen LogP contribution < -0.4 is 5.32 Å². The van der Waals surface area contributed by atoms with Crippen molar-refractivity contribution in [1.29, 1.82) is 0 Å². The average Bonchev–Trinajstić information content (AvgIpc) is 2.16. The van der Waals surface area contributed by atoms with Gasteiger partial charge >= 0.3 is 5.97 Å². The van der Waals surface area contributed by atoms with Crippen LogP contribution in [0.1, 0.15) is 33.6 Å². The van der Waals surface area contributed by atoms with Crippen LogP contribution in [0.4, 0.5) is 0 Å². The fourth-order valence-corrected chi connectivity index (χ4v) is 0.943. The average molecular weight is 227 g/mol. The number of carbonyl (C=O) groups excluding carboxylic acids is 3. The van der Waals surface area contributed by atoms with Crippen LogP contribution in [0.15, 0.2) is 12.2 Å². The molecule has 90 valence electrons. The van der Waals surface area contributed by atoms with Gasteiger partial charge in [0.1, 0.15) is 5.78 Å². The molecule has 0 aliphatic rings. The molecule has 5 heteroatoms. The Morgan fingerprint density at radius 1 is 1.31 bits per heavy atom. The molecule has 1 amide bonds. The van der Waals surface area contributed by atoms with Crippen LogP contribution in [-0.4, -0.2) is 23.9 Å². The molecule has 0 saturated heterocycles. The van der Waals surface area contributed by atoms with E-state index in [-0.39, 0.29) is 12.2 Å². The fraction of sp³-hybridized carbons (Fsp3) is 0.545. The van der Waals surface area contributed by atoms with Gasteiger partial charge in [0.2, 0.25) is 5.91 Å². The number of nitrogens with one attached hydrogen (secondary N) is 1. The number of carbonyl (C=O) groups is 3. The van der Waals surface area contributed by atoms with Crippen molar-refractivity contribution in [3.63, 3.8) is 0 Å². The van der Waals surface area contributed by atoms with Gasteiger partial charge < -0.3 is 10.1 Å². The standard InChI is InChI=1S/C11H17NO4/c1-5-9(14)6-10(16-8(4)13)12-11(15)7(2)3/h10H,2,5-6H2,1,3-4H3,(H,12,15). The molecule has 5 nitrogen and oxygen atoms in total. The molecule has 0 aromatic carbocycles. The van der Waals surface area contributed by atoms with E-state index in [9.17, 15) is 14.4 Å². The Hall–Kier alpha value is -1.65.